The van der Waals surface area contributed by atoms with Crippen molar-refractivity contribution < 1.29 is 26.3 Å². The molecule has 0 bridgehead atoms. The average molecular weight is 393 g/mol. The summed E-state index contributed by atoms with van der Waals surface area (Å²) in [5, 5.41) is 3.24. The molecule has 1 aliphatic rings. The number of ether oxygens (including phenoxy) is 1. The number of sulfonamides is 1. The third kappa shape index (κ3) is 3.48. The van der Waals surface area contributed by atoms with Gasteiger partial charge in [0.25, 0.3) is 0 Å². The molecule has 12 heteroatoms. The smallest absolute Gasteiger partial charge is 0.369 e. The molecule has 2 aromatic heterocycles. The Hall–Kier alpha value is -1.92. The number of nitrogens with one attached hydrogen (secondary N) is 1. The Morgan fingerprint density at radius 2 is 2.15 bits per heavy atom. The monoisotopic (exact) mass is 393 g/mol. The minimum atomic E-state index is -4.88. The normalized spacial score (nSPS) is 21.4. The zero-order valence-corrected chi connectivity index (χ0v) is 14.9. The molecule has 1 aliphatic heterocycles. The zero-order chi connectivity index (χ0) is 19.1. The molecule has 26 heavy (non-hydrogen) atoms. The molecule has 0 saturated carbocycles. The van der Waals surface area contributed by atoms with Gasteiger partial charge in [-0.3, -0.25) is 4.68 Å². The number of hydrogen-bond acceptors (Lipinski definition) is 5. The molecule has 0 spiro atoms. The Balaban J connectivity index is 1.90. The molecule has 0 unspecified atom stereocenters. The van der Waals surface area contributed by atoms with Gasteiger partial charge in [-0.1, -0.05) is 0 Å². The van der Waals surface area contributed by atoms with E-state index >= 15 is 0 Å². The Morgan fingerprint density at radius 1 is 1.42 bits per heavy atom. The fraction of sp³-hybridized carbons (Fsp3) is 0.571. The Labute approximate surface area is 148 Å². The van der Waals surface area contributed by atoms with Crippen LogP contribution < -0.4 is 4.72 Å². The number of halogens is 3. The highest BCUT2D eigenvalue weighted by Gasteiger charge is 2.43. The maximum Gasteiger partial charge on any atom is 0.436 e. The standard InChI is InChI=1S/C14H18F3N5O3S/c1-3-22-6-5-18-13(22)11-9(4-7-25-11)20-26(23,24)10-8-21(2)19-12(10)14(15,16)17/h5-6,8-9,11,20H,3-4,7H2,1-2H3/t9-,11-/m1/s1. The van der Waals surface area contributed by atoms with Crippen molar-refractivity contribution in [2.24, 2.45) is 7.05 Å². The summed E-state index contributed by atoms with van der Waals surface area (Å²) in [4.78, 5) is 3.28. The molecule has 1 saturated heterocycles. The second kappa shape index (κ2) is 6.67. The fourth-order valence-corrected chi connectivity index (χ4v) is 4.40. The van der Waals surface area contributed by atoms with Crippen LogP contribution in [0.15, 0.2) is 23.5 Å². The number of rotatable bonds is 5. The van der Waals surface area contributed by atoms with E-state index in [1.54, 1.807) is 17.0 Å². The molecule has 0 aromatic carbocycles. The van der Waals surface area contributed by atoms with Gasteiger partial charge in [-0.05, 0) is 13.3 Å². The lowest BCUT2D eigenvalue weighted by atomic mass is 10.1. The topological polar surface area (TPSA) is 91.0 Å². The van der Waals surface area contributed by atoms with Gasteiger partial charge in [-0.15, -0.1) is 0 Å². The van der Waals surface area contributed by atoms with E-state index in [0.717, 1.165) is 10.9 Å². The van der Waals surface area contributed by atoms with E-state index in [1.165, 1.54) is 7.05 Å². The molecular weight excluding hydrogens is 375 g/mol. The molecule has 3 heterocycles. The van der Waals surface area contributed by atoms with E-state index in [1.807, 2.05) is 6.92 Å². The maximum atomic E-state index is 13.1. The molecule has 1 N–H and O–H groups in total. The minimum Gasteiger partial charge on any atom is -0.369 e. The van der Waals surface area contributed by atoms with Crippen LogP contribution in [0.25, 0.3) is 0 Å². The van der Waals surface area contributed by atoms with E-state index in [4.69, 9.17) is 4.74 Å². The maximum absolute atomic E-state index is 13.1. The van der Waals surface area contributed by atoms with E-state index < -0.39 is 38.9 Å². The Kier molecular flexibility index (Phi) is 4.84. The first-order valence-corrected chi connectivity index (χ1v) is 9.37. The van der Waals surface area contributed by atoms with E-state index in [9.17, 15) is 21.6 Å². The highest BCUT2D eigenvalue weighted by molar-refractivity contribution is 7.89. The first-order valence-electron chi connectivity index (χ1n) is 7.89. The Bertz CT molecular complexity index is 890. The van der Waals surface area contributed by atoms with Crippen LogP contribution in [0.4, 0.5) is 13.2 Å². The molecule has 0 radical (unpaired) electrons. The lowest BCUT2D eigenvalue weighted by molar-refractivity contribution is -0.143. The summed E-state index contributed by atoms with van der Waals surface area (Å²) in [5.74, 6) is 0.528. The molecule has 8 nitrogen and oxygen atoms in total. The van der Waals surface area contributed by atoms with Crippen molar-refractivity contribution in [1.29, 1.82) is 0 Å². The number of imidazole rings is 1. The second-order valence-electron chi connectivity index (χ2n) is 5.89. The van der Waals surface area contributed by atoms with Crippen molar-refractivity contribution in [3.05, 3.63) is 30.1 Å². The van der Waals surface area contributed by atoms with Crippen molar-refractivity contribution in [3.8, 4) is 0 Å². The van der Waals surface area contributed by atoms with Gasteiger partial charge < -0.3 is 9.30 Å². The van der Waals surface area contributed by atoms with Gasteiger partial charge in [-0.2, -0.15) is 18.3 Å². The summed E-state index contributed by atoms with van der Waals surface area (Å²) in [5.41, 5.74) is -1.45. The van der Waals surface area contributed by atoms with Crippen molar-refractivity contribution >= 4 is 10.0 Å². The summed E-state index contributed by atoms with van der Waals surface area (Å²) in [6.45, 7) is 2.77. The fourth-order valence-electron chi connectivity index (χ4n) is 2.93. The van der Waals surface area contributed by atoms with Gasteiger partial charge >= 0.3 is 6.18 Å². The molecule has 144 valence electrons. The van der Waals surface area contributed by atoms with Crippen molar-refractivity contribution in [2.75, 3.05) is 6.61 Å². The Morgan fingerprint density at radius 3 is 2.81 bits per heavy atom. The summed E-state index contributed by atoms with van der Waals surface area (Å²) in [7, 11) is -3.22. The van der Waals surface area contributed by atoms with Crippen LogP contribution in [-0.4, -0.2) is 40.4 Å². The lowest BCUT2D eigenvalue weighted by Gasteiger charge is -2.20. The van der Waals surface area contributed by atoms with Crippen LogP contribution in [0, 0.1) is 0 Å². The van der Waals surface area contributed by atoms with Crippen LogP contribution in [0.2, 0.25) is 0 Å². The van der Waals surface area contributed by atoms with Crippen LogP contribution >= 0.6 is 0 Å². The molecule has 2 atom stereocenters. The first kappa shape index (κ1) is 18.9. The molecule has 3 rings (SSSR count). The van der Waals surface area contributed by atoms with E-state index in [2.05, 4.69) is 14.8 Å². The molecule has 2 aromatic rings. The van der Waals surface area contributed by atoms with Crippen LogP contribution in [-0.2, 0) is 34.5 Å². The van der Waals surface area contributed by atoms with Crippen molar-refractivity contribution in [2.45, 2.75) is 43.1 Å². The van der Waals surface area contributed by atoms with Gasteiger partial charge in [0.05, 0.1) is 6.04 Å². The number of alkyl halides is 3. The largest absolute Gasteiger partial charge is 0.436 e. The van der Waals surface area contributed by atoms with E-state index in [0.29, 0.717) is 18.8 Å². The minimum absolute atomic E-state index is 0.271. The summed E-state index contributed by atoms with van der Waals surface area (Å²) < 4.78 is 75.0. The third-order valence-electron chi connectivity index (χ3n) is 4.09. The van der Waals surface area contributed by atoms with Gasteiger partial charge in [0.2, 0.25) is 10.0 Å². The molecular formula is C14H18F3N5O3S. The average Bonchev–Trinajstić information content (AvgIpc) is 3.23. The molecule has 0 amide bonds. The SMILES string of the molecule is CCn1ccnc1[C@@H]1OCC[C@H]1NS(=O)(=O)c1cn(C)nc1C(F)(F)F. The number of hydrogen-bond donors (Lipinski definition) is 1. The lowest BCUT2D eigenvalue weighted by Crippen LogP contribution is -2.38. The number of aryl methyl sites for hydroxylation is 2. The van der Waals surface area contributed by atoms with Crippen LogP contribution in [0.1, 0.15) is 31.0 Å². The highest BCUT2D eigenvalue weighted by Crippen LogP contribution is 2.34. The quantitative estimate of drug-likeness (QED) is 0.831. The van der Waals surface area contributed by atoms with Gasteiger partial charge in [-0.25, -0.2) is 18.1 Å². The third-order valence-corrected chi connectivity index (χ3v) is 5.59. The molecule has 1 fully saturated rings. The highest BCUT2D eigenvalue weighted by atomic mass is 32.2. The predicted molar refractivity (Wildman–Crippen MR) is 83.5 cm³/mol. The summed E-state index contributed by atoms with van der Waals surface area (Å²) >= 11 is 0. The van der Waals surface area contributed by atoms with Crippen molar-refractivity contribution in [1.82, 2.24) is 24.1 Å². The van der Waals surface area contributed by atoms with Gasteiger partial charge in [0.15, 0.2) is 5.69 Å². The summed E-state index contributed by atoms with van der Waals surface area (Å²) in [6, 6.07) is -0.728. The van der Waals surface area contributed by atoms with E-state index in [-0.39, 0.29) is 6.61 Å². The summed E-state index contributed by atoms with van der Waals surface area (Å²) in [6.07, 6.45) is -1.10. The van der Waals surface area contributed by atoms with Crippen molar-refractivity contribution in [3.63, 3.8) is 0 Å². The predicted octanol–water partition coefficient (Wildman–Crippen LogP) is 1.46. The van der Waals surface area contributed by atoms with Crippen LogP contribution in [0.3, 0.4) is 0 Å². The number of nitrogens with zero attached hydrogens (tertiary/aromatic N) is 4. The van der Waals surface area contributed by atoms with Gasteiger partial charge in [0.1, 0.15) is 16.8 Å². The molecule has 0 aliphatic carbocycles. The number of aromatic nitrogens is 4. The zero-order valence-electron chi connectivity index (χ0n) is 14.1. The van der Waals surface area contributed by atoms with Crippen LogP contribution in [0.5, 0.6) is 0 Å². The van der Waals surface area contributed by atoms with Gasteiger partial charge in [0, 0.05) is 38.8 Å². The second-order valence-corrected chi connectivity index (χ2v) is 7.58. The first-order chi connectivity index (χ1) is 12.1.